The molecule has 0 radical (unpaired) electrons. The molecule has 7 nitrogen and oxygen atoms in total. The molecule has 6 rings (SSSR count). The molecular weight excluding hydrogens is 424 g/mol. The molecule has 2 saturated heterocycles. The highest BCUT2D eigenvalue weighted by molar-refractivity contribution is 6.33. The van der Waals surface area contributed by atoms with E-state index in [4.69, 9.17) is 21.7 Å². The molecule has 170 valence electrons. The van der Waals surface area contributed by atoms with E-state index in [0.29, 0.717) is 16.5 Å². The van der Waals surface area contributed by atoms with E-state index in [0.717, 1.165) is 62.0 Å². The van der Waals surface area contributed by atoms with Crippen LogP contribution in [0.3, 0.4) is 0 Å². The number of nitrogens with zero attached hydrogens (tertiary/aromatic N) is 4. The maximum Gasteiger partial charge on any atom is 0.0770 e. The quantitative estimate of drug-likeness (QED) is 0.637. The zero-order chi connectivity index (χ0) is 21.9. The average molecular weight is 455 g/mol. The Morgan fingerprint density at radius 2 is 1.94 bits per heavy atom. The lowest BCUT2D eigenvalue weighted by molar-refractivity contribution is -0.131. The number of hydrogen-bond donors (Lipinski definition) is 2. The molecule has 1 aromatic carbocycles. The first-order valence-corrected chi connectivity index (χ1v) is 12.1. The predicted molar refractivity (Wildman–Crippen MR) is 128 cm³/mol. The molecule has 1 spiro atoms. The number of rotatable bonds is 6. The number of benzene rings is 1. The second kappa shape index (κ2) is 7.47. The normalized spacial score (nSPS) is 24.1. The van der Waals surface area contributed by atoms with Crippen LogP contribution in [0.5, 0.6) is 0 Å². The van der Waals surface area contributed by atoms with Crippen LogP contribution in [0.25, 0.3) is 0 Å². The van der Waals surface area contributed by atoms with E-state index in [1.807, 2.05) is 12.3 Å². The number of anilines is 3. The topological polar surface area (TPSA) is 69.4 Å². The molecule has 2 aromatic rings. The first kappa shape index (κ1) is 20.5. The molecule has 8 heteroatoms. The summed E-state index contributed by atoms with van der Waals surface area (Å²) < 4.78 is 7.56. The van der Waals surface area contributed by atoms with Gasteiger partial charge in [0.05, 0.1) is 47.4 Å². The summed E-state index contributed by atoms with van der Waals surface area (Å²) in [4.78, 5) is 4.89. The van der Waals surface area contributed by atoms with E-state index in [9.17, 15) is 0 Å². The van der Waals surface area contributed by atoms with Crippen molar-refractivity contribution in [2.24, 2.45) is 5.41 Å². The van der Waals surface area contributed by atoms with Gasteiger partial charge in [0.1, 0.15) is 0 Å². The molecule has 2 aliphatic heterocycles. The number of hydrogen-bond acceptors (Lipinski definition) is 6. The zero-order valence-electron chi connectivity index (χ0n) is 18.6. The van der Waals surface area contributed by atoms with Crippen molar-refractivity contribution in [3.8, 4) is 0 Å². The van der Waals surface area contributed by atoms with Gasteiger partial charge < -0.3 is 20.4 Å². The van der Waals surface area contributed by atoms with Gasteiger partial charge in [-0.3, -0.25) is 9.58 Å². The molecule has 0 atom stereocenters. The predicted octanol–water partition coefficient (Wildman–Crippen LogP) is 4.30. The van der Waals surface area contributed by atoms with Gasteiger partial charge in [0.2, 0.25) is 0 Å². The van der Waals surface area contributed by atoms with E-state index in [1.165, 1.54) is 31.9 Å². The van der Waals surface area contributed by atoms with Crippen LogP contribution in [0.4, 0.5) is 17.1 Å². The highest BCUT2D eigenvalue weighted by atomic mass is 35.5. The Balaban J connectivity index is 1.17. The molecule has 0 unspecified atom stereocenters. The number of piperazine rings is 1. The third-order valence-corrected chi connectivity index (χ3v) is 8.34. The van der Waals surface area contributed by atoms with Gasteiger partial charge in [-0.1, -0.05) is 11.6 Å². The maximum absolute atomic E-state index is 7.87. The van der Waals surface area contributed by atoms with Gasteiger partial charge >= 0.3 is 0 Å². The summed E-state index contributed by atoms with van der Waals surface area (Å²) in [6.45, 7) is 7.80. The summed E-state index contributed by atoms with van der Waals surface area (Å²) in [5, 5.41) is 16.7. The van der Waals surface area contributed by atoms with Gasteiger partial charge in [-0.15, -0.1) is 0 Å². The minimum Gasteiger partial charge on any atom is -0.377 e. The first-order valence-electron chi connectivity index (χ1n) is 11.7. The molecule has 0 amide bonds. The molecule has 4 fully saturated rings. The SMILES string of the molecule is CC1(N2CCN(c3cc(Nc4cnn(C5CC6(CC6)C5)c4)c(C=N)cc3Cl)CC2)COC1. The summed E-state index contributed by atoms with van der Waals surface area (Å²) in [6, 6.07) is 4.52. The average Bonchev–Trinajstić information content (AvgIpc) is 3.44. The Labute approximate surface area is 194 Å². The fourth-order valence-corrected chi connectivity index (χ4v) is 5.88. The van der Waals surface area contributed by atoms with Crippen molar-refractivity contribution in [1.29, 1.82) is 5.41 Å². The maximum atomic E-state index is 7.87. The number of aromatic nitrogens is 2. The Hall–Kier alpha value is -2.09. The molecule has 4 aliphatic rings. The van der Waals surface area contributed by atoms with Crippen LogP contribution in [-0.4, -0.2) is 65.8 Å². The fourth-order valence-electron chi connectivity index (χ4n) is 5.58. The lowest BCUT2D eigenvalue weighted by Crippen LogP contribution is -2.64. The summed E-state index contributed by atoms with van der Waals surface area (Å²) >= 11 is 6.66. The number of nitrogens with one attached hydrogen (secondary N) is 2. The van der Waals surface area contributed by atoms with Gasteiger partial charge in [-0.2, -0.15) is 5.10 Å². The Morgan fingerprint density at radius 1 is 1.19 bits per heavy atom. The van der Waals surface area contributed by atoms with E-state index in [-0.39, 0.29) is 5.54 Å². The van der Waals surface area contributed by atoms with Crippen molar-refractivity contribution in [2.75, 3.05) is 49.6 Å². The van der Waals surface area contributed by atoms with Gasteiger partial charge in [-0.25, -0.2) is 0 Å². The van der Waals surface area contributed by atoms with Crippen molar-refractivity contribution in [2.45, 2.75) is 44.2 Å². The van der Waals surface area contributed by atoms with Crippen molar-refractivity contribution in [1.82, 2.24) is 14.7 Å². The second-order valence-electron chi connectivity index (χ2n) is 10.4. The smallest absolute Gasteiger partial charge is 0.0770 e. The van der Waals surface area contributed by atoms with Crippen molar-refractivity contribution in [3.05, 3.63) is 35.1 Å². The van der Waals surface area contributed by atoms with Crippen LogP contribution in [0.1, 0.15) is 44.2 Å². The van der Waals surface area contributed by atoms with Crippen LogP contribution < -0.4 is 10.2 Å². The zero-order valence-corrected chi connectivity index (χ0v) is 19.4. The van der Waals surface area contributed by atoms with Crippen LogP contribution in [-0.2, 0) is 4.74 Å². The molecule has 2 saturated carbocycles. The number of halogens is 1. The monoisotopic (exact) mass is 454 g/mol. The summed E-state index contributed by atoms with van der Waals surface area (Å²) in [5.74, 6) is 0. The minimum atomic E-state index is 0.187. The lowest BCUT2D eigenvalue weighted by atomic mass is 9.77. The van der Waals surface area contributed by atoms with Gasteiger partial charge in [0.15, 0.2) is 0 Å². The third kappa shape index (κ3) is 3.51. The van der Waals surface area contributed by atoms with Gasteiger partial charge in [0, 0.05) is 49.8 Å². The summed E-state index contributed by atoms with van der Waals surface area (Å²) in [7, 11) is 0. The Kier molecular flexibility index (Phi) is 4.79. The summed E-state index contributed by atoms with van der Waals surface area (Å²) in [6.07, 6.45) is 10.7. The third-order valence-electron chi connectivity index (χ3n) is 8.03. The van der Waals surface area contributed by atoms with Crippen LogP contribution >= 0.6 is 11.6 Å². The summed E-state index contributed by atoms with van der Waals surface area (Å²) in [5.41, 5.74) is 4.51. The molecule has 2 N–H and O–H groups in total. The van der Waals surface area contributed by atoms with Gasteiger partial charge in [-0.05, 0) is 50.2 Å². The van der Waals surface area contributed by atoms with E-state index in [1.54, 1.807) is 0 Å². The van der Waals surface area contributed by atoms with Crippen LogP contribution in [0, 0.1) is 10.8 Å². The van der Waals surface area contributed by atoms with Gasteiger partial charge in [0.25, 0.3) is 0 Å². The van der Waals surface area contributed by atoms with Crippen LogP contribution in [0.15, 0.2) is 24.5 Å². The van der Waals surface area contributed by atoms with Crippen molar-refractivity contribution >= 4 is 34.9 Å². The van der Waals surface area contributed by atoms with Crippen molar-refractivity contribution < 1.29 is 4.74 Å². The largest absolute Gasteiger partial charge is 0.377 e. The van der Waals surface area contributed by atoms with E-state index in [2.05, 4.69) is 44.1 Å². The first-order chi connectivity index (χ1) is 15.5. The highest BCUT2D eigenvalue weighted by Gasteiger charge is 2.53. The molecule has 1 aromatic heterocycles. The Morgan fingerprint density at radius 3 is 2.56 bits per heavy atom. The molecule has 32 heavy (non-hydrogen) atoms. The number of ether oxygens (including phenoxy) is 1. The van der Waals surface area contributed by atoms with Crippen LogP contribution in [0.2, 0.25) is 5.02 Å². The second-order valence-corrected chi connectivity index (χ2v) is 10.8. The molecule has 0 bridgehead atoms. The molecule has 3 heterocycles. The van der Waals surface area contributed by atoms with E-state index >= 15 is 0 Å². The lowest BCUT2D eigenvalue weighted by Gasteiger charge is -2.50. The Bertz CT molecular complexity index is 1030. The standard InChI is InChI=1S/C24H31ClN6O/c1-23(15-32-16-23)30-6-4-29(5-7-30)22-9-21(17(12-26)8-20(22)25)28-18-13-27-31(14-18)19-10-24(11-19)2-3-24/h8-9,12-14,19,26,28H,2-7,10-11,15-16H2,1H3. The molecule has 2 aliphatic carbocycles. The minimum absolute atomic E-state index is 0.187. The molecular formula is C24H31ClN6O. The fraction of sp³-hybridized carbons (Fsp3) is 0.583. The highest BCUT2D eigenvalue weighted by Crippen LogP contribution is 2.64. The van der Waals surface area contributed by atoms with E-state index < -0.39 is 0 Å². The van der Waals surface area contributed by atoms with Crippen molar-refractivity contribution in [3.63, 3.8) is 0 Å².